The van der Waals surface area contributed by atoms with Crippen molar-refractivity contribution < 1.29 is 5.11 Å². The first kappa shape index (κ1) is 12.8. The van der Waals surface area contributed by atoms with Gasteiger partial charge in [-0.25, -0.2) is 4.98 Å². The monoisotopic (exact) mass is 260 g/mol. The Balaban J connectivity index is 2.23. The maximum atomic E-state index is 9.83. The first-order valence-electron chi connectivity index (χ1n) is 5.92. The summed E-state index contributed by atoms with van der Waals surface area (Å²) in [5.41, 5.74) is 0.743. The van der Waals surface area contributed by atoms with Crippen molar-refractivity contribution in [1.29, 1.82) is 0 Å². The van der Waals surface area contributed by atoms with Gasteiger partial charge >= 0.3 is 0 Å². The van der Waals surface area contributed by atoms with Gasteiger partial charge in [0.1, 0.15) is 11.6 Å². The van der Waals surface area contributed by atoms with Crippen molar-refractivity contribution in [2.75, 3.05) is 5.75 Å². The van der Waals surface area contributed by atoms with Crippen molar-refractivity contribution in [3.8, 4) is 17.1 Å². The summed E-state index contributed by atoms with van der Waals surface area (Å²) in [7, 11) is 0. The third-order valence-electron chi connectivity index (χ3n) is 2.45. The molecule has 1 N–H and O–H groups in total. The standard InChI is InChI=1S/C14H16N2OS/c1-2-10-18-11-9-16-8-7-15-14(16)12-5-3-4-6-13(12)17/h3-9,11,17H,2,10H2,1H3. The number of imidazole rings is 1. The summed E-state index contributed by atoms with van der Waals surface area (Å²) < 4.78 is 1.91. The highest BCUT2D eigenvalue weighted by Crippen LogP contribution is 2.27. The second-order valence-corrected chi connectivity index (χ2v) is 4.84. The summed E-state index contributed by atoms with van der Waals surface area (Å²) in [5.74, 6) is 2.11. The normalized spacial score (nSPS) is 11.2. The van der Waals surface area contributed by atoms with E-state index in [0.717, 1.165) is 23.6 Å². The molecule has 0 saturated heterocycles. The summed E-state index contributed by atoms with van der Waals surface area (Å²) in [6, 6.07) is 7.23. The largest absolute Gasteiger partial charge is 0.507 e. The molecule has 0 amide bonds. The number of aromatic nitrogens is 2. The zero-order chi connectivity index (χ0) is 12.8. The fourth-order valence-corrected chi connectivity index (χ4v) is 2.19. The molecule has 1 heterocycles. The highest BCUT2D eigenvalue weighted by Gasteiger charge is 2.07. The Hall–Kier alpha value is -1.68. The molecule has 0 radical (unpaired) electrons. The minimum atomic E-state index is 0.250. The lowest BCUT2D eigenvalue weighted by molar-refractivity contribution is 0.477. The van der Waals surface area contributed by atoms with Crippen LogP contribution >= 0.6 is 11.8 Å². The summed E-state index contributed by atoms with van der Waals surface area (Å²) in [6.07, 6.45) is 6.74. The van der Waals surface area contributed by atoms with Crippen molar-refractivity contribution in [2.24, 2.45) is 0 Å². The predicted molar refractivity (Wildman–Crippen MR) is 77.4 cm³/mol. The number of aromatic hydroxyl groups is 1. The smallest absolute Gasteiger partial charge is 0.147 e. The minimum Gasteiger partial charge on any atom is -0.507 e. The Labute approximate surface area is 111 Å². The van der Waals surface area contributed by atoms with Gasteiger partial charge in [0.25, 0.3) is 0 Å². The van der Waals surface area contributed by atoms with Crippen LogP contribution in [0.3, 0.4) is 0 Å². The predicted octanol–water partition coefficient (Wildman–Crippen LogP) is 3.83. The number of nitrogens with zero attached hydrogens (tertiary/aromatic N) is 2. The van der Waals surface area contributed by atoms with E-state index >= 15 is 0 Å². The Morgan fingerprint density at radius 3 is 3.00 bits per heavy atom. The highest BCUT2D eigenvalue weighted by molar-refractivity contribution is 8.02. The molecule has 2 rings (SSSR count). The fraction of sp³-hybridized carbons (Fsp3) is 0.214. The van der Waals surface area contributed by atoms with Gasteiger partial charge in [0, 0.05) is 18.6 Å². The van der Waals surface area contributed by atoms with Gasteiger partial charge in [0.2, 0.25) is 0 Å². The lowest BCUT2D eigenvalue weighted by Crippen LogP contribution is -1.90. The van der Waals surface area contributed by atoms with Gasteiger partial charge < -0.3 is 9.67 Å². The second-order valence-electron chi connectivity index (χ2n) is 3.83. The van der Waals surface area contributed by atoms with E-state index in [1.54, 1.807) is 30.1 Å². The number of hydrogen-bond acceptors (Lipinski definition) is 3. The summed E-state index contributed by atoms with van der Waals surface area (Å²) >= 11 is 1.77. The van der Waals surface area contributed by atoms with E-state index in [9.17, 15) is 5.11 Å². The Morgan fingerprint density at radius 1 is 1.39 bits per heavy atom. The molecule has 0 saturated carbocycles. The number of phenolic OH excluding ortho intramolecular Hbond substituents is 1. The maximum absolute atomic E-state index is 9.83. The van der Waals surface area contributed by atoms with Crippen molar-refractivity contribution in [1.82, 2.24) is 9.55 Å². The average Bonchev–Trinajstić information content (AvgIpc) is 2.83. The molecule has 1 aromatic heterocycles. The van der Waals surface area contributed by atoms with Crippen LogP contribution in [0.2, 0.25) is 0 Å². The van der Waals surface area contributed by atoms with Gasteiger partial charge in [-0.2, -0.15) is 0 Å². The van der Waals surface area contributed by atoms with Gasteiger partial charge in [-0.1, -0.05) is 19.1 Å². The first-order valence-corrected chi connectivity index (χ1v) is 6.97. The maximum Gasteiger partial charge on any atom is 0.147 e. The minimum absolute atomic E-state index is 0.250. The van der Waals surface area contributed by atoms with Crippen LogP contribution < -0.4 is 0 Å². The topological polar surface area (TPSA) is 38.0 Å². The van der Waals surface area contributed by atoms with E-state index < -0.39 is 0 Å². The molecule has 4 heteroatoms. The lowest BCUT2D eigenvalue weighted by Gasteiger charge is -2.04. The van der Waals surface area contributed by atoms with E-state index in [1.807, 2.05) is 29.1 Å². The van der Waals surface area contributed by atoms with E-state index in [1.165, 1.54) is 0 Å². The second kappa shape index (κ2) is 6.31. The van der Waals surface area contributed by atoms with Crippen LogP contribution in [0.5, 0.6) is 5.75 Å². The average molecular weight is 260 g/mol. The van der Waals surface area contributed by atoms with Crippen LogP contribution in [-0.4, -0.2) is 20.4 Å². The Bertz CT molecular complexity index is 534. The van der Waals surface area contributed by atoms with Gasteiger partial charge in [-0.3, -0.25) is 0 Å². The Morgan fingerprint density at radius 2 is 2.22 bits per heavy atom. The van der Waals surface area contributed by atoms with Gasteiger partial charge in [0.15, 0.2) is 0 Å². The number of thioether (sulfide) groups is 1. The molecule has 0 spiro atoms. The van der Waals surface area contributed by atoms with Crippen molar-refractivity contribution in [2.45, 2.75) is 13.3 Å². The van der Waals surface area contributed by atoms with Crippen LogP contribution in [0, 0.1) is 0 Å². The van der Waals surface area contributed by atoms with Crippen molar-refractivity contribution in [3.05, 3.63) is 42.1 Å². The van der Waals surface area contributed by atoms with E-state index in [0.29, 0.717) is 0 Å². The zero-order valence-corrected chi connectivity index (χ0v) is 11.1. The molecular weight excluding hydrogens is 244 g/mol. The molecule has 94 valence electrons. The molecule has 0 aliphatic carbocycles. The molecule has 18 heavy (non-hydrogen) atoms. The number of phenols is 1. The molecular formula is C14H16N2OS. The van der Waals surface area contributed by atoms with Crippen molar-refractivity contribution in [3.63, 3.8) is 0 Å². The molecule has 1 aromatic carbocycles. The van der Waals surface area contributed by atoms with Crippen LogP contribution in [0.15, 0.2) is 42.1 Å². The van der Waals surface area contributed by atoms with Crippen LogP contribution in [0.4, 0.5) is 0 Å². The van der Waals surface area contributed by atoms with E-state index in [-0.39, 0.29) is 5.75 Å². The number of rotatable bonds is 5. The first-order chi connectivity index (χ1) is 8.83. The van der Waals surface area contributed by atoms with Gasteiger partial charge in [-0.05, 0) is 29.7 Å². The molecule has 0 aliphatic rings. The van der Waals surface area contributed by atoms with Crippen LogP contribution in [0.25, 0.3) is 17.6 Å². The third-order valence-corrected chi connectivity index (χ3v) is 3.41. The molecule has 3 nitrogen and oxygen atoms in total. The summed E-state index contributed by atoms with van der Waals surface area (Å²) in [5, 5.41) is 11.9. The zero-order valence-electron chi connectivity index (χ0n) is 10.3. The molecule has 0 bridgehead atoms. The van der Waals surface area contributed by atoms with Gasteiger partial charge in [-0.15, -0.1) is 11.8 Å². The van der Waals surface area contributed by atoms with Gasteiger partial charge in [0.05, 0.1) is 5.56 Å². The fourth-order valence-electron chi connectivity index (χ4n) is 1.60. The lowest BCUT2D eigenvalue weighted by atomic mass is 10.2. The molecule has 0 aliphatic heterocycles. The number of benzene rings is 1. The quantitative estimate of drug-likeness (QED) is 0.830. The van der Waals surface area contributed by atoms with Crippen LogP contribution in [0.1, 0.15) is 13.3 Å². The van der Waals surface area contributed by atoms with E-state index in [4.69, 9.17) is 0 Å². The van der Waals surface area contributed by atoms with Crippen LogP contribution in [-0.2, 0) is 0 Å². The number of para-hydroxylation sites is 1. The summed E-state index contributed by atoms with van der Waals surface area (Å²) in [4.78, 5) is 4.29. The van der Waals surface area contributed by atoms with Crippen molar-refractivity contribution >= 4 is 18.0 Å². The summed E-state index contributed by atoms with van der Waals surface area (Å²) in [6.45, 7) is 2.16. The van der Waals surface area contributed by atoms with E-state index in [2.05, 4.69) is 17.3 Å². The molecule has 0 fully saturated rings. The Kier molecular flexibility index (Phi) is 4.47. The molecule has 0 atom stereocenters. The molecule has 2 aromatic rings. The number of hydrogen-bond donors (Lipinski definition) is 1. The SMILES string of the molecule is CCCSC=Cn1ccnc1-c1ccccc1O. The highest BCUT2D eigenvalue weighted by atomic mass is 32.2. The molecule has 0 unspecified atom stereocenters. The third kappa shape index (κ3) is 2.96.